The molecule has 0 atom stereocenters. The fourth-order valence-corrected chi connectivity index (χ4v) is 5.39. The second-order valence-corrected chi connectivity index (χ2v) is 10.1. The van der Waals surface area contributed by atoms with Gasteiger partial charge in [0.25, 0.3) is 0 Å². The molecule has 2 heterocycles. The third kappa shape index (κ3) is 5.39. The van der Waals surface area contributed by atoms with Crippen LogP contribution in [-0.4, -0.2) is 53.2 Å². The van der Waals surface area contributed by atoms with Crippen molar-refractivity contribution in [3.05, 3.63) is 42.1 Å². The number of carbonyl (C=O) groups excluding carboxylic acids is 1. The molecule has 1 aromatic carbocycles. The lowest BCUT2D eigenvalue weighted by Crippen LogP contribution is -2.45. The van der Waals surface area contributed by atoms with Crippen molar-refractivity contribution < 1.29 is 11.0 Å². The molecular weight excluding hydrogens is 420 g/mol. The van der Waals surface area contributed by atoms with Gasteiger partial charge in [-0.05, 0) is 68.2 Å². The van der Waals surface area contributed by atoms with E-state index in [0.29, 0.717) is 16.9 Å². The van der Waals surface area contributed by atoms with E-state index >= 15 is 0 Å². The predicted molar refractivity (Wildman–Crippen MR) is 135 cm³/mol. The molecule has 1 aliphatic heterocycles. The molecule has 2 aromatic rings. The molecule has 32 heavy (non-hydrogen) atoms. The summed E-state index contributed by atoms with van der Waals surface area (Å²) >= 11 is 1.36. The Labute approximate surface area is 195 Å². The van der Waals surface area contributed by atoms with Gasteiger partial charge in [0, 0.05) is 43.0 Å². The zero-order valence-electron chi connectivity index (χ0n) is 18.9. The number of hydrogen-bond acceptors (Lipinski definition) is 6. The average Bonchev–Trinajstić information content (AvgIpc) is 2.79. The van der Waals surface area contributed by atoms with E-state index in [0.717, 1.165) is 78.8 Å². The molecule has 172 valence electrons. The molecule has 1 amide bonds. The number of aromatic nitrogens is 1. The highest BCUT2D eigenvalue weighted by Gasteiger charge is 2.30. The van der Waals surface area contributed by atoms with Crippen LogP contribution >= 0.6 is 11.8 Å². The molecule has 2 fully saturated rings. The Bertz CT molecular complexity index is 1030. The summed E-state index contributed by atoms with van der Waals surface area (Å²) in [6, 6.07) is 6.66. The molecule has 0 radical (unpaired) electrons. The van der Waals surface area contributed by atoms with Gasteiger partial charge in [-0.1, -0.05) is 24.4 Å². The molecule has 0 unspecified atom stereocenters. The van der Waals surface area contributed by atoms with Crippen molar-refractivity contribution in [2.24, 2.45) is 5.92 Å². The summed E-state index contributed by atoms with van der Waals surface area (Å²) < 4.78 is 5.46. The number of amides is 1. The van der Waals surface area contributed by atoms with Crippen molar-refractivity contribution in [2.75, 3.05) is 31.6 Å². The van der Waals surface area contributed by atoms with E-state index in [1.807, 2.05) is 19.2 Å². The zero-order chi connectivity index (χ0) is 22.7. The van der Waals surface area contributed by atoms with Gasteiger partial charge in [0.15, 0.2) is 0 Å². The lowest BCUT2D eigenvalue weighted by atomic mass is 9.84. The van der Waals surface area contributed by atoms with Crippen LogP contribution in [-0.2, 0) is 9.53 Å². The number of thioether (sulfide) groups is 1. The van der Waals surface area contributed by atoms with Gasteiger partial charge in [-0.2, -0.15) is 0 Å². The summed E-state index contributed by atoms with van der Waals surface area (Å²) in [4.78, 5) is 20.8. The SMILES string of the molecule is C=C(SC(C)=N)c1cc(C)c2cnc(NC(=O)C3CCC(N4CCOCC4)CC3)cc2c1.[HH]. The Morgan fingerprint density at radius 3 is 2.66 bits per heavy atom. The number of aryl methyl sites for hydroxylation is 1. The molecule has 0 spiro atoms. The van der Waals surface area contributed by atoms with E-state index < -0.39 is 0 Å². The van der Waals surface area contributed by atoms with E-state index in [9.17, 15) is 4.79 Å². The van der Waals surface area contributed by atoms with Crippen LogP contribution in [0.3, 0.4) is 0 Å². The zero-order valence-corrected chi connectivity index (χ0v) is 19.8. The van der Waals surface area contributed by atoms with Crippen LogP contribution in [0.2, 0.25) is 0 Å². The van der Waals surface area contributed by atoms with Crippen LogP contribution in [0.4, 0.5) is 5.82 Å². The van der Waals surface area contributed by atoms with E-state index in [-0.39, 0.29) is 13.3 Å². The number of anilines is 1. The Balaban J connectivity index is 0.00000306. The maximum Gasteiger partial charge on any atom is 0.228 e. The summed E-state index contributed by atoms with van der Waals surface area (Å²) in [5.74, 6) is 0.713. The summed E-state index contributed by atoms with van der Waals surface area (Å²) in [6.07, 6.45) is 5.81. The number of fused-ring (bicyclic) bond motifs is 1. The molecule has 1 aromatic heterocycles. The number of ether oxygens (including phenoxy) is 1. The number of pyridine rings is 1. The lowest BCUT2D eigenvalue weighted by Gasteiger charge is -2.38. The van der Waals surface area contributed by atoms with Gasteiger partial charge in [0.2, 0.25) is 5.91 Å². The minimum absolute atomic E-state index is 0. The first-order chi connectivity index (χ1) is 15.4. The van der Waals surface area contributed by atoms with E-state index in [2.05, 4.69) is 33.9 Å². The highest BCUT2D eigenvalue weighted by atomic mass is 32.2. The van der Waals surface area contributed by atoms with E-state index in [4.69, 9.17) is 10.1 Å². The van der Waals surface area contributed by atoms with Crippen molar-refractivity contribution >= 4 is 44.2 Å². The summed E-state index contributed by atoms with van der Waals surface area (Å²) in [5, 5.41) is 13.3. The quantitative estimate of drug-likeness (QED) is 0.472. The van der Waals surface area contributed by atoms with Crippen LogP contribution in [0, 0.1) is 18.3 Å². The normalized spacial score (nSPS) is 21.9. The molecule has 7 heteroatoms. The van der Waals surface area contributed by atoms with Crippen molar-refractivity contribution in [2.45, 2.75) is 45.6 Å². The highest BCUT2D eigenvalue weighted by Crippen LogP contribution is 2.32. The first-order valence-electron chi connectivity index (χ1n) is 11.4. The van der Waals surface area contributed by atoms with Gasteiger partial charge in [-0.15, -0.1) is 0 Å². The molecule has 2 N–H and O–H groups in total. The number of rotatable bonds is 5. The Morgan fingerprint density at radius 1 is 1.25 bits per heavy atom. The number of nitrogens with zero attached hydrogens (tertiary/aromatic N) is 2. The van der Waals surface area contributed by atoms with Crippen molar-refractivity contribution in [1.82, 2.24) is 9.88 Å². The summed E-state index contributed by atoms with van der Waals surface area (Å²) in [5.41, 5.74) is 2.10. The first kappa shape index (κ1) is 23.0. The molecule has 4 rings (SSSR count). The maximum absolute atomic E-state index is 12.9. The van der Waals surface area contributed by atoms with Gasteiger partial charge < -0.3 is 10.1 Å². The minimum Gasteiger partial charge on any atom is -0.379 e. The van der Waals surface area contributed by atoms with Crippen LogP contribution < -0.4 is 5.32 Å². The first-order valence-corrected chi connectivity index (χ1v) is 12.2. The van der Waals surface area contributed by atoms with E-state index in [1.54, 1.807) is 6.92 Å². The number of hydrogen-bond donors (Lipinski definition) is 2. The van der Waals surface area contributed by atoms with Crippen molar-refractivity contribution in [3.8, 4) is 0 Å². The van der Waals surface area contributed by atoms with Crippen molar-refractivity contribution in [1.29, 1.82) is 5.41 Å². The molecule has 6 nitrogen and oxygen atoms in total. The second-order valence-electron chi connectivity index (χ2n) is 8.81. The third-order valence-electron chi connectivity index (χ3n) is 6.52. The van der Waals surface area contributed by atoms with Gasteiger partial charge >= 0.3 is 0 Å². The number of benzene rings is 1. The Hall–Kier alpha value is -2.22. The van der Waals surface area contributed by atoms with Crippen LogP contribution in [0.1, 0.15) is 45.2 Å². The maximum atomic E-state index is 12.9. The lowest BCUT2D eigenvalue weighted by molar-refractivity contribution is -0.121. The number of morpholine rings is 1. The standard InChI is InChI=1S/C25H32N4O2S.H2/c1-16-12-20(17(2)32-18(3)26)13-21-14-24(27-15-23(16)21)28-25(30)19-4-6-22(7-5-19)29-8-10-31-11-9-29;/h12-15,19,22,26H,2,4-11H2,1,3H3,(H,27,28,30);1H. The Morgan fingerprint density at radius 2 is 1.97 bits per heavy atom. The predicted octanol–water partition coefficient (Wildman–Crippen LogP) is 5.32. The summed E-state index contributed by atoms with van der Waals surface area (Å²) in [6.45, 7) is 11.6. The van der Waals surface area contributed by atoms with E-state index in [1.165, 1.54) is 11.8 Å². The van der Waals surface area contributed by atoms with Gasteiger partial charge in [-0.25, -0.2) is 4.98 Å². The molecule has 1 saturated heterocycles. The molecule has 2 aliphatic rings. The highest BCUT2D eigenvalue weighted by molar-refractivity contribution is 8.21. The average molecular weight is 455 g/mol. The number of carbonyl (C=O) groups is 1. The Kier molecular flexibility index (Phi) is 7.28. The molecule has 1 aliphatic carbocycles. The van der Waals surface area contributed by atoms with Gasteiger partial charge in [0.05, 0.1) is 18.3 Å². The minimum atomic E-state index is 0. The molecule has 1 saturated carbocycles. The third-order valence-corrected chi connectivity index (χ3v) is 7.31. The monoisotopic (exact) mass is 454 g/mol. The molecular formula is C25H34N4O2S. The van der Waals surface area contributed by atoms with Crippen LogP contribution in [0.15, 0.2) is 31.0 Å². The fraction of sp³-hybridized carbons (Fsp3) is 0.480. The van der Waals surface area contributed by atoms with Crippen LogP contribution in [0.25, 0.3) is 15.7 Å². The van der Waals surface area contributed by atoms with Gasteiger partial charge in [0.1, 0.15) is 5.82 Å². The topological polar surface area (TPSA) is 78.3 Å². The molecule has 0 bridgehead atoms. The second kappa shape index (κ2) is 10.1. The van der Waals surface area contributed by atoms with Crippen molar-refractivity contribution in [3.63, 3.8) is 0 Å². The smallest absolute Gasteiger partial charge is 0.228 e. The fourth-order valence-electron chi connectivity index (χ4n) is 4.79. The van der Waals surface area contributed by atoms with Gasteiger partial charge in [-0.3, -0.25) is 15.1 Å². The number of nitrogens with one attached hydrogen (secondary N) is 2. The largest absolute Gasteiger partial charge is 0.379 e. The van der Waals surface area contributed by atoms with Crippen LogP contribution in [0.5, 0.6) is 0 Å². The summed E-state index contributed by atoms with van der Waals surface area (Å²) in [7, 11) is 0.